The van der Waals surface area contributed by atoms with Crippen molar-refractivity contribution in [2.75, 3.05) is 25.1 Å². The molecule has 1 amide bonds. The van der Waals surface area contributed by atoms with Gasteiger partial charge in [0.2, 0.25) is 0 Å². The summed E-state index contributed by atoms with van der Waals surface area (Å²) in [6, 6.07) is 20.4. The van der Waals surface area contributed by atoms with E-state index in [2.05, 4.69) is 5.32 Å². The van der Waals surface area contributed by atoms with E-state index in [0.717, 1.165) is 16.9 Å². The molecule has 0 aliphatic carbocycles. The summed E-state index contributed by atoms with van der Waals surface area (Å²) in [6.45, 7) is 4.42. The number of benzene rings is 3. The molecule has 5 nitrogen and oxygen atoms in total. The fraction of sp³-hybridized carbons (Fsp3) is 0.208. The van der Waals surface area contributed by atoms with E-state index in [9.17, 15) is 4.79 Å². The average molecular weight is 426 g/mol. The molecule has 6 heteroatoms. The van der Waals surface area contributed by atoms with E-state index in [4.69, 9.17) is 25.8 Å². The van der Waals surface area contributed by atoms with Crippen molar-refractivity contribution >= 4 is 23.2 Å². The van der Waals surface area contributed by atoms with Gasteiger partial charge in [0.15, 0.2) is 6.61 Å². The molecule has 0 bridgehead atoms. The first-order chi connectivity index (χ1) is 14.5. The molecule has 0 unspecified atom stereocenters. The van der Waals surface area contributed by atoms with Crippen LogP contribution in [0.1, 0.15) is 11.1 Å². The zero-order valence-corrected chi connectivity index (χ0v) is 17.7. The summed E-state index contributed by atoms with van der Waals surface area (Å²) in [5.74, 6) is 1.68. The van der Waals surface area contributed by atoms with Gasteiger partial charge < -0.3 is 19.5 Å². The van der Waals surface area contributed by atoms with E-state index in [0.29, 0.717) is 35.4 Å². The van der Waals surface area contributed by atoms with Crippen molar-refractivity contribution < 1.29 is 19.0 Å². The Balaban J connectivity index is 1.50. The lowest BCUT2D eigenvalue weighted by atomic mass is 10.1. The van der Waals surface area contributed by atoms with Crippen LogP contribution in [-0.2, 0) is 4.79 Å². The van der Waals surface area contributed by atoms with Crippen LogP contribution in [0.25, 0.3) is 0 Å². The summed E-state index contributed by atoms with van der Waals surface area (Å²) < 4.78 is 17.0. The molecule has 3 aromatic carbocycles. The van der Waals surface area contributed by atoms with Crippen molar-refractivity contribution in [3.05, 3.63) is 82.9 Å². The second-order valence-electron chi connectivity index (χ2n) is 6.71. The third kappa shape index (κ3) is 6.16. The highest BCUT2D eigenvalue weighted by molar-refractivity contribution is 6.32. The normalized spacial score (nSPS) is 10.4. The Labute approximate surface area is 181 Å². The Kier molecular flexibility index (Phi) is 7.57. The molecule has 0 saturated heterocycles. The number of aryl methyl sites for hydroxylation is 2. The van der Waals surface area contributed by atoms with Gasteiger partial charge in [0, 0.05) is 5.02 Å². The molecule has 0 spiro atoms. The van der Waals surface area contributed by atoms with Gasteiger partial charge in [0.05, 0.1) is 5.69 Å². The minimum atomic E-state index is -0.281. The Morgan fingerprint density at radius 2 is 1.47 bits per heavy atom. The predicted molar refractivity (Wildman–Crippen MR) is 119 cm³/mol. The number of rotatable bonds is 9. The Morgan fingerprint density at radius 1 is 0.833 bits per heavy atom. The van der Waals surface area contributed by atoms with Crippen LogP contribution < -0.4 is 19.5 Å². The number of hydrogen-bond donors (Lipinski definition) is 1. The Hall–Kier alpha value is -3.18. The third-order valence-electron chi connectivity index (χ3n) is 4.29. The van der Waals surface area contributed by atoms with E-state index in [1.54, 1.807) is 12.1 Å². The fourth-order valence-electron chi connectivity index (χ4n) is 2.85. The summed E-state index contributed by atoms with van der Waals surface area (Å²) in [6.07, 6.45) is 0. The smallest absolute Gasteiger partial charge is 0.262 e. The molecule has 0 saturated carbocycles. The largest absolute Gasteiger partial charge is 0.490 e. The standard InChI is InChI=1S/C24H24ClNO4/c1-17-14-20(15-18(2)24(17)25)30-16-23(27)26-21-10-6-7-11-22(21)29-13-12-28-19-8-4-3-5-9-19/h3-11,14-15H,12-13,16H2,1-2H3,(H,26,27). The molecule has 0 radical (unpaired) electrons. The van der Waals surface area contributed by atoms with Crippen molar-refractivity contribution in [2.45, 2.75) is 13.8 Å². The van der Waals surface area contributed by atoms with Crippen LogP contribution in [0.5, 0.6) is 17.2 Å². The molecule has 3 rings (SSSR count). The molecule has 0 aliphatic heterocycles. The average Bonchev–Trinajstić information content (AvgIpc) is 2.75. The topological polar surface area (TPSA) is 56.8 Å². The van der Waals surface area contributed by atoms with Crippen molar-refractivity contribution in [2.24, 2.45) is 0 Å². The molecule has 0 aromatic heterocycles. The van der Waals surface area contributed by atoms with Gasteiger partial charge in [-0.25, -0.2) is 0 Å². The van der Waals surface area contributed by atoms with Crippen LogP contribution >= 0.6 is 11.6 Å². The number of para-hydroxylation sites is 3. The number of nitrogens with one attached hydrogen (secondary N) is 1. The number of hydrogen-bond acceptors (Lipinski definition) is 4. The van der Waals surface area contributed by atoms with E-state index < -0.39 is 0 Å². The number of ether oxygens (including phenoxy) is 3. The van der Waals surface area contributed by atoms with E-state index in [-0.39, 0.29) is 12.5 Å². The molecule has 3 aromatic rings. The predicted octanol–water partition coefficient (Wildman–Crippen LogP) is 5.43. The molecule has 0 atom stereocenters. The highest BCUT2D eigenvalue weighted by atomic mass is 35.5. The maximum absolute atomic E-state index is 12.3. The molecule has 30 heavy (non-hydrogen) atoms. The molecule has 0 fully saturated rings. The zero-order chi connectivity index (χ0) is 21.3. The second kappa shape index (κ2) is 10.6. The van der Waals surface area contributed by atoms with Gasteiger partial charge in [-0.1, -0.05) is 41.9 Å². The minimum absolute atomic E-state index is 0.119. The minimum Gasteiger partial charge on any atom is -0.490 e. The van der Waals surface area contributed by atoms with Gasteiger partial charge >= 0.3 is 0 Å². The van der Waals surface area contributed by atoms with Crippen LogP contribution in [0.2, 0.25) is 5.02 Å². The molecule has 0 heterocycles. The van der Waals surface area contributed by atoms with E-state index in [1.165, 1.54) is 0 Å². The van der Waals surface area contributed by atoms with Crippen LogP contribution in [0, 0.1) is 13.8 Å². The zero-order valence-electron chi connectivity index (χ0n) is 17.0. The highest BCUT2D eigenvalue weighted by Crippen LogP contribution is 2.26. The maximum Gasteiger partial charge on any atom is 0.262 e. The first-order valence-corrected chi connectivity index (χ1v) is 10.00. The summed E-state index contributed by atoms with van der Waals surface area (Å²) in [5, 5.41) is 3.53. The number of halogens is 1. The van der Waals surface area contributed by atoms with Crippen molar-refractivity contribution in [1.29, 1.82) is 0 Å². The maximum atomic E-state index is 12.3. The van der Waals surface area contributed by atoms with Gasteiger partial charge in [0.25, 0.3) is 5.91 Å². The van der Waals surface area contributed by atoms with Gasteiger partial charge in [-0.2, -0.15) is 0 Å². The second-order valence-corrected chi connectivity index (χ2v) is 7.09. The summed E-state index contributed by atoms with van der Waals surface area (Å²) in [7, 11) is 0. The van der Waals surface area contributed by atoms with Gasteiger partial charge in [0.1, 0.15) is 30.5 Å². The van der Waals surface area contributed by atoms with Crippen LogP contribution in [0.15, 0.2) is 66.7 Å². The Bertz CT molecular complexity index is 969. The quantitative estimate of drug-likeness (QED) is 0.464. The first-order valence-electron chi connectivity index (χ1n) is 9.62. The number of amides is 1. The molecule has 0 aliphatic rings. The van der Waals surface area contributed by atoms with Gasteiger partial charge in [-0.3, -0.25) is 4.79 Å². The molecule has 1 N–H and O–H groups in total. The van der Waals surface area contributed by atoms with Gasteiger partial charge in [-0.15, -0.1) is 0 Å². The third-order valence-corrected chi connectivity index (χ3v) is 4.89. The lowest BCUT2D eigenvalue weighted by molar-refractivity contribution is -0.118. The highest BCUT2D eigenvalue weighted by Gasteiger charge is 2.10. The lowest BCUT2D eigenvalue weighted by Crippen LogP contribution is -2.21. The summed E-state index contributed by atoms with van der Waals surface area (Å²) in [4.78, 5) is 12.3. The van der Waals surface area contributed by atoms with E-state index in [1.807, 2.05) is 68.4 Å². The Morgan fingerprint density at radius 3 is 2.20 bits per heavy atom. The number of carbonyl (C=O) groups excluding carboxylic acids is 1. The van der Waals surface area contributed by atoms with Crippen LogP contribution in [0.3, 0.4) is 0 Å². The summed E-state index contributed by atoms with van der Waals surface area (Å²) in [5.41, 5.74) is 2.39. The molecular weight excluding hydrogens is 402 g/mol. The molecule has 156 valence electrons. The monoisotopic (exact) mass is 425 g/mol. The SMILES string of the molecule is Cc1cc(OCC(=O)Nc2ccccc2OCCOc2ccccc2)cc(C)c1Cl. The summed E-state index contributed by atoms with van der Waals surface area (Å²) >= 11 is 6.17. The number of carbonyl (C=O) groups is 1. The van der Waals surface area contributed by atoms with Crippen molar-refractivity contribution in [3.63, 3.8) is 0 Å². The fourth-order valence-corrected chi connectivity index (χ4v) is 2.96. The number of anilines is 1. The van der Waals surface area contributed by atoms with Crippen molar-refractivity contribution in [3.8, 4) is 17.2 Å². The van der Waals surface area contributed by atoms with E-state index >= 15 is 0 Å². The van der Waals surface area contributed by atoms with Crippen LogP contribution in [0.4, 0.5) is 5.69 Å². The lowest BCUT2D eigenvalue weighted by Gasteiger charge is -2.14. The molecular formula is C24H24ClNO4. The van der Waals surface area contributed by atoms with Crippen LogP contribution in [-0.4, -0.2) is 25.7 Å². The first kappa shape index (κ1) is 21.5. The van der Waals surface area contributed by atoms with Crippen molar-refractivity contribution in [1.82, 2.24) is 0 Å². The van der Waals surface area contributed by atoms with Gasteiger partial charge in [-0.05, 0) is 61.4 Å².